The Bertz CT molecular complexity index is 466. The van der Waals surface area contributed by atoms with E-state index in [-0.39, 0.29) is 5.56 Å². The van der Waals surface area contributed by atoms with Gasteiger partial charge in [0.25, 0.3) is 0 Å². The van der Waals surface area contributed by atoms with Gasteiger partial charge >= 0.3 is 11.7 Å². The van der Waals surface area contributed by atoms with Gasteiger partial charge in [-0.3, -0.25) is 10.1 Å². The van der Waals surface area contributed by atoms with E-state index in [4.69, 9.17) is 5.11 Å². The summed E-state index contributed by atoms with van der Waals surface area (Å²) < 4.78 is 0. The molecule has 0 fully saturated rings. The minimum absolute atomic E-state index is 0.318. The standard InChI is InChI=1S/C10H13N3O4S/c1-6(18-2)4-11-9-3-7(10(14)15)8(5-12-9)13(16)17/h3,5-6H,4H2,1-2H3,(H,11,12)(H,14,15). The van der Waals surface area contributed by atoms with E-state index in [1.54, 1.807) is 11.8 Å². The Balaban J connectivity index is 2.93. The van der Waals surface area contributed by atoms with Crippen LogP contribution in [0.5, 0.6) is 0 Å². The van der Waals surface area contributed by atoms with Crippen LogP contribution in [0.2, 0.25) is 0 Å². The molecule has 0 aliphatic carbocycles. The molecule has 2 N–H and O–H groups in total. The molecule has 18 heavy (non-hydrogen) atoms. The molecule has 0 aliphatic rings. The lowest BCUT2D eigenvalue weighted by Gasteiger charge is -2.10. The fourth-order valence-electron chi connectivity index (χ4n) is 1.19. The Labute approximate surface area is 108 Å². The van der Waals surface area contributed by atoms with Crippen molar-refractivity contribution < 1.29 is 14.8 Å². The van der Waals surface area contributed by atoms with Crippen LogP contribution in [0.15, 0.2) is 12.3 Å². The number of nitrogens with zero attached hydrogens (tertiary/aromatic N) is 2. The maximum Gasteiger partial charge on any atom is 0.342 e. The second-order valence-electron chi connectivity index (χ2n) is 3.58. The number of carbonyl (C=O) groups is 1. The average Bonchev–Trinajstić information content (AvgIpc) is 2.35. The first-order valence-corrected chi connectivity index (χ1v) is 6.39. The fourth-order valence-corrected chi connectivity index (χ4v) is 1.44. The maximum atomic E-state index is 10.9. The van der Waals surface area contributed by atoms with E-state index in [0.717, 1.165) is 6.20 Å². The largest absolute Gasteiger partial charge is 0.477 e. The maximum absolute atomic E-state index is 10.9. The van der Waals surface area contributed by atoms with Crippen molar-refractivity contribution in [2.75, 3.05) is 18.1 Å². The van der Waals surface area contributed by atoms with Gasteiger partial charge in [-0.2, -0.15) is 11.8 Å². The zero-order valence-corrected chi connectivity index (χ0v) is 10.7. The minimum Gasteiger partial charge on any atom is -0.477 e. The molecule has 1 heterocycles. The molecule has 0 saturated heterocycles. The summed E-state index contributed by atoms with van der Waals surface area (Å²) in [5, 5.41) is 22.8. The van der Waals surface area contributed by atoms with Gasteiger partial charge in [-0.15, -0.1) is 0 Å². The van der Waals surface area contributed by atoms with Gasteiger partial charge in [0, 0.05) is 17.9 Å². The molecule has 0 amide bonds. The average molecular weight is 271 g/mol. The van der Waals surface area contributed by atoms with Crippen molar-refractivity contribution in [3.63, 3.8) is 0 Å². The molecule has 1 aromatic rings. The van der Waals surface area contributed by atoms with Crippen molar-refractivity contribution in [2.45, 2.75) is 12.2 Å². The van der Waals surface area contributed by atoms with Gasteiger partial charge in [0.1, 0.15) is 17.6 Å². The Kier molecular flexibility index (Phi) is 4.90. The number of aromatic nitrogens is 1. The summed E-state index contributed by atoms with van der Waals surface area (Å²) in [4.78, 5) is 24.6. The Hall–Kier alpha value is -1.83. The van der Waals surface area contributed by atoms with E-state index in [0.29, 0.717) is 17.6 Å². The van der Waals surface area contributed by atoms with Crippen LogP contribution in [0, 0.1) is 10.1 Å². The van der Waals surface area contributed by atoms with Crippen molar-refractivity contribution in [3.05, 3.63) is 27.9 Å². The van der Waals surface area contributed by atoms with Crippen molar-refractivity contribution in [3.8, 4) is 0 Å². The summed E-state index contributed by atoms with van der Waals surface area (Å²) in [6.07, 6.45) is 2.91. The highest BCUT2D eigenvalue weighted by molar-refractivity contribution is 7.99. The summed E-state index contributed by atoms with van der Waals surface area (Å²) in [6.45, 7) is 2.60. The third kappa shape index (κ3) is 3.59. The third-order valence-corrected chi connectivity index (χ3v) is 3.25. The first-order chi connectivity index (χ1) is 8.45. The minimum atomic E-state index is -1.34. The van der Waals surface area contributed by atoms with Crippen LogP contribution in [0.1, 0.15) is 17.3 Å². The van der Waals surface area contributed by atoms with E-state index < -0.39 is 16.6 Å². The van der Waals surface area contributed by atoms with Crippen LogP contribution in [-0.2, 0) is 0 Å². The molecule has 8 heteroatoms. The molecule has 1 unspecified atom stereocenters. The summed E-state index contributed by atoms with van der Waals surface area (Å²) in [6, 6.07) is 1.17. The van der Waals surface area contributed by atoms with Crippen LogP contribution in [0.25, 0.3) is 0 Å². The van der Waals surface area contributed by atoms with Crippen LogP contribution in [0.3, 0.4) is 0 Å². The molecule has 7 nitrogen and oxygen atoms in total. The molecular formula is C10H13N3O4S. The normalized spacial score (nSPS) is 11.9. The topological polar surface area (TPSA) is 105 Å². The van der Waals surface area contributed by atoms with Crippen molar-refractivity contribution in [1.29, 1.82) is 0 Å². The highest BCUT2D eigenvalue weighted by atomic mass is 32.2. The Morgan fingerprint density at radius 1 is 1.72 bits per heavy atom. The van der Waals surface area contributed by atoms with Crippen LogP contribution >= 0.6 is 11.8 Å². The number of hydrogen-bond acceptors (Lipinski definition) is 6. The van der Waals surface area contributed by atoms with Crippen molar-refractivity contribution in [2.24, 2.45) is 0 Å². The zero-order chi connectivity index (χ0) is 13.7. The van der Waals surface area contributed by atoms with Gasteiger partial charge in [0.05, 0.1) is 4.92 Å². The monoisotopic (exact) mass is 271 g/mol. The van der Waals surface area contributed by atoms with E-state index in [1.807, 2.05) is 13.2 Å². The lowest BCUT2D eigenvalue weighted by molar-refractivity contribution is -0.385. The summed E-state index contributed by atoms with van der Waals surface area (Å²) in [5.41, 5.74) is -0.875. The number of pyridine rings is 1. The van der Waals surface area contributed by atoms with Gasteiger partial charge in [0.15, 0.2) is 0 Å². The molecule has 0 spiro atoms. The SMILES string of the molecule is CSC(C)CNc1cc(C(=O)O)c([N+](=O)[O-])cn1. The zero-order valence-electron chi connectivity index (χ0n) is 9.91. The van der Waals surface area contributed by atoms with Crippen LogP contribution in [0.4, 0.5) is 11.5 Å². The van der Waals surface area contributed by atoms with Gasteiger partial charge in [-0.05, 0) is 6.26 Å². The van der Waals surface area contributed by atoms with E-state index in [9.17, 15) is 14.9 Å². The van der Waals surface area contributed by atoms with E-state index >= 15 is 0 Å². The van der Waals surface area contributed by atoms with Crippen LogP contribution < -0.4 is 5.32 Å². The highest BCUT2D eigenvalue weighted by Crippen LogP contribution is 2.20. The predicted molar refractivity (Wildman–Crippen MR) is 69.3 cm³/mol. The van der Waals surface area contributed by atoms with Gasteiger partial charge in [-0.25, -0.2) is 9.78 Å². The number of carboxylic acids is 1. The molecule has 1 rings (SSSR count). The number of thioether (sulfide) groups is 1. The number of nitrogens with one attached hydrogen (secondary N) is 1. The number of rotatable bonds is 6. The third-order valence-electron chi connectivity index (χ3n) is 2.28. The number of nitro groups is 1. The van der Waals surface area contributed by atoms with Gasteiger partial charge in [-0.1, -0.05) is 6.92 Å². The lowest BCUT2D eigenvalue weighted by Crippen LogP contribution is -2.14. The fraction of sp³-hybridized carbons (Fsp3) is 0.400. The Morgan fingerprint density at radius 2 is 2.39 bits per heavy atom. The van der Waals surface area contributed by atoms with Crippen LogP contribution in [-0.4, -0.2) is 39.0 Å². The molecular weight excluding hydrogens is 258 g/mol. The molecule has 0 aliphatic heterocycles. The molecule has 0 radical (unpaired) electrons. The summed E-state index contributed by atoms with van der Waals surface area (Å²) in [7, 11) is 0. The first kappa shape index (κ1) is 14.2. The highest BCUT2D eigenvalue weighted by Gasteiger charge is 2.20. The molecule has 0 aromatic carbocycles. The predicted octanol–water partition coefficient (Wildman–Crippen LogP) is 1.85. The molecule has 1 aromatic heterocycles. The number of anilines is 1. The van der Waals surface area contributed by atoms with Crippen molar-refractivity contribution in [1.82, 2.24) is 4.98 Å². The molecule has 0 saturated carbocycles. The van der Waals surface area contributed by atoms with E-state index in [2.05, 4.69) is 10.3 Å². The summed E-state index contributed by atoms with van der Waals surface area (Å²) >= 11 is 1.65. The number of carboxylic acid groups (broad SMARTS) is 1. The number of aromatic carboxylic acids is 1. The van der Waals surface area contributed by atoms with Crippen molar-refractivity contribution >= 4 is 29.2 Å². The van der Waals surface area contributed by atoms with Gasteiger partial charge in [0.2, 0.25) is 0 Å². The first-order valence-electron chi connectivity index (χ1n) is 5.10. The summed E-state index contributed by atoms with van der Waals surface area (Å²) in [5.74, 6) is -1.02. The lowest BCUT2D eigenvalue weighted by atomic mass is 10.2. The Morgan fingerprint density at radius 3 is 2.89 bits per heavy atom. The number of hydrogen-bond donors (Lipinski definition) is 2. The molecule has 1 atom stereocenters. The smallest absolute Gasteiger partial charge is 0.342 e. The molecule has 98 valence electrons. The quantitative estimate of drug-likeness (QED) is 0.600. The molecule has 0 bridgehead atoms. The second-order valence-corrected chi connectivity index (χ2v) is 4.85. The second kappa shape index (κ2) is 6.20. The van der Waals surface area contributed by atoms with E-state index in [1.165, 1.54) is 6.07 Å². The van der Waals surface area contributed by atoms with Gasteiger partial charge < -0.3 is 10.4 Å².